The molecule has 178 valence electrons. The normalized spacial score (nSPS) is 16.3. The minimum absolute atomic E-state index is 0.0287. The van der Waals surface area contributed by atoms with Gasteiger partial charge in [-0.15, -0.1) is 10.2 Å². The average molecular weight is 459 g/mol. The Balaban J connectivity index is 1.07. The predicted molar refractivity (Wildman–Crippen MR) is 135 cm³/mol. The summed E-state index contributed by atoms with van der Waals surface area (Å²) >= 11 is 0. The molecular formula is C27H34N6O. The molecule has 1 aliphatic rings. The highest BCUT2D eigenvalue weighted by atomic mass is 16.3. The van der Waals surface area contributed by atoms with Crippen molar-refractivity contribution in [3.63, 3.8) is 0 Å². The van der Waals surface area contributed by atoms with Crippen molar-refractivity contribution < 1.29 is 5.11 Å². The molecule has 0 unspecified atom stereocenters. The molecule has 0 saturated carbocycles. The van der Waals surface area contributed by atoms with Gasteiger partial charge in [0.15, 0.2) is 0 Å². The fraction of sp³-hybridized carbons (Fsp3) is 0.407. The van der Waals surface area contributed by atoms with Crippen LogP contribution >= 0.6 is 0 Å². The topological polar surface area (TPSA) is 82.0 Å². The monoisotopic (exact) mass is 458 g/mol. The number of nitrogens with one attached hydrogen (secondary N) is 2. The number of aliphatic hydroxyl groups is 1. The van der Waals surface area contributed by atoms with Gasteiger partial charge in [-0.25, -0.2) is 0 Å². The van der Waals surface area contributed by atoms with Gasteiger partial charge in [-0.05, 0) is 87.1 Å². The summed E-state index contributed by atoms with van der Waals surface area (Å²) in [7, 11) is 0. The van der Waals surface area contributed by atoms with Crippen molar-refractivity contribution in [1.29, 1.82) is 0 Å². The largest absolute Gasteiger partial charge is 0.394 e. The molecule has 7 nitrogen and oxygen atoms in total. The molecule has 0 spiro atoms. The van der Waals surface area contributed by atoms with E-state index in [-0.39, 0.29) is 12.6 Å². The van der Waals surface area contributed by atoms with Crippen LogP contribution in [0.5, 0.6) is 0 Å². The molecule has 0 aliphatic carbocycles. The van der Waals surface area contributed by atoms with E-state index in [0.717, 1.165) is 50.3 Å². The number of aliphatic hydroxyl groups excluding tert-OH is 1. The molecule has 0 bridgehead atoms. The van der Waals surface area contributed by atoms with Crippen LogP contribution in [0.1, 0.15) is 36.4 Å². The molecule has 4 aromatic rings. The minimum Gasteiger partial charge on any atom is -0.394 e. The highest BCUT2D eigenvalue weighted by molar-refractivity contribution is 5.85. The molecule has 1 atom stereocenters. The third kappa shape index (κ3) is 5.38. The van der Waals surface area contributed by atoms with Crippen LogP contribution in [0.4, 0.5) is 0 Å². The summed E-state index contributed by atoms with van der Waals surface area (Å²) in [5, 5.41) is 22.5. The Bertz CT molecular complexity index is 1150. The van der Waals surface area contributed by atoms with E-state index in [2.05, 4.69) is 61.9 Å². The Labute approximate surface area is 200 Å². The number of fused-ring (bicyclic) bond motifs is 1. The summed E-state index contributed by atoms with van der Waals surface area (Å²) in [6, 6.07) is 16.7. The molecule has 2 aromatic carbocycles. The summed E-state index contributed by atoms with van der Waals surface area (Å²) in [4.78, 5) is 6.02. The second-order valence-corrected chi connectivity index (χ2v) is 9.36. The van der Waals surface area contributed by atoms with E-state index in [9.17, 15) is 5.11 Å². The van der Waals surface area contributed by atoms with E-state index in [4.69, 9.17) is 0 Å². The van der Waals surface area contributed by atoms with E-state index >= 15 is 0 Å². The van der Waals surface area contributed by atoms with E-state index in [0.29, 0.717) is 5.92 Å². The Morgan fingerprint density at radius 3 is 2.62 bits per heavy atom. The second kappa shape index (κ2) is 11.0. The van der Waals surface area contributed by atoms with Crippen molar-refractivity contribution in [2.24, 2.45) is 5.92 Å². The number of hydrogen-bond acceptors (Lipinski definition) is 5. The highest BCUT2D eigenvalue weighted by Gasteiger charge is 2.20. The van der Waals surface area contributed by atoms with Crippen molar-refractivity contribution in [2.45, 2.75) is 31.7 Å². The lowest BCUT2D eigenvalue weighted by molar-refractivity contribution is 0.172. The summed E-state index contributed by atoms with van der Waals surface area (Å²) in [6.07, 6.45) is 10.3. The van der Waals surface area contributed by atoms with Gasteiger partial charge < -0.3 is 20.3 Å². The van der Waals surface area contributed by atoms with Crippen LogP contribution in [0.25, 0.3) is 16.6 Å². The van der Waals surface area contributed by atoms with Crippen LogP contribution < -0.4 is 5.32 Å². The average Bonchev–Trinajstić information content (AvgIpc) is 3.56. The number of aromatic nitrogens is 4. The number of likely N-dealkylation sites (tertiary alicyclic amines) is 1. The predicted octanol–water partition coefficient (Wildman–Crippen LogP) is 3.72. The lowest BCUT2D eigenvalue weighted by Crippen LogP contribution is -2.39. The van der Waals surface area contributed by atoms with E-state index in [1.54, 1.807) is 12.7 Å². The molecule has 3 N–H and O–H groups in total. The van der Waals surface area contributed by atoms with Crippen LogP contribution in [0.3, 0.4) is 0 Å². The minimum atomic E-state index is 0.0287. The standard InChI is InChI=1S/C27H34N6O/c34-18-27(22-5-2-1-3-6-22)28-16-21-10-13-32(14-11-21)12-4-7-23-17-29-26-9-8-24(15-25(23)26)33-19-30-31-20-33/h1-3,5-6,8-9,15,17,19-21,27-29,34H,4,7,10-14,16,18H2/t27-/m1/s1. The van der Waals surface area contributed by atoms with Crippen LogP contribution in [-0.2, 0) is 6.42 Å². The van der Waals surface area contributed by atoms with E-state index in [1.165, 1.54) is 29.3 Å². The number of benzene rings is 2. The fourth-order valence-electron chi connectivity index (χ4n) is 5.06. The molecule has 2 aromatic heterocycles. The lowest BCUT2D eigenvalue weighted by Gasteiger charge is -2.33. The first-order chi connectivity index (χ1) is 16.8. The summed E-state index contributed by atoms with van der Waals surface area (Å²) in [5.74, 6) is 0.679. The SMILES string of the molecule is OC[C@@H](NCC1CCN(CCCc2c[nH]c3ccc(-n4cnnc4)cc23)CC1)c1ccccc1. The van der Waals surface area contributed by atoms with Crippen LogP contribution in [-0.4, -0.2) is 62.5 Å². The molecule has 7 heteroatoms. The third-order valence-corrected chi connectivity index (χ3v) is 7.13. The molecule has 1 fully saturated rings. The van der Waals surface area contributed by atoms with Gasteiger partial charge in [-0.2, -0.15) is 0 Å². The molecule has 1 aliphatic heterocycles. The number of piperidine rings is 1. The summed E-state index contributed by atoms with van der Waals surface area (Å²) < 4.78 is 1.94. The first kappa shape index (κ1) is 22.8. The molecule has 0 radical (unpaired) electrons. The summed E-state index contributed by atoms with van der Waals surface area (Å²) in [6.45, 7) is 4.57. The van der Waals surface area contributed by atoms with Gasteiger partial charge in [0.25, 0.3) is 0 Å². The first-order valence-corrected chi connectivity index (χ1v) is 12.4. The van der Waals surface area contributed by atoms with Crippen LogP contribution in [0.15, 0.2) is 67.4 Å². The maximum absolute atomic E-state index is 9.78. The second-order valence-electron chi connectivity index (χ2n) is 9.36. The third-order valence-electron chi connectivity index (χ3n) is 7.13. The maximum Gasteiger partial charge on any atom is 0.123 e. The van der Waals surface area contributed by atoms with Crippen molar-refractivity contribution in [3.8, 4) is 5.69 Å². The van der Waals surface area contributed by atoms with Gasteiger partial charge in [-0.1, -0.05) is 30.3 Å². The van der Waals surface area contributed by atoms with Gasteiger partial charge in [0, 0.05) is 22.8 Å². The van der Waals surface area contributed by atoms with Gasteiger partial charge >= 0.3 is 0 Å². The van der Waals surface area contributed by atoms with Crippen molar-refractivity contribution in [2.75, 3.05) is 32.8 Å². The van der Waals surface area contributed by atoms with Crippen molar-refractivity contribution >= 4 is 10.9 Å². The smallest absolute Gasteiger partial charge is 0.123 e. The zero-order valence-electron chi connectivity index (χ0n) is 19.6. The molecule has 0 amide bonds. The number of hydrogen-bond donors (Lipinski definition) is 3. The van der Waals surface area contributed by atoms with Gasteiger partial charge in [0.05, 0.1) is 12.6 Å². The quantitative estimate of drug-likeness (QED) is 0.337. The Morgan fingerprint density at radius 1 is 1.06 bits per heavy atom. The van der Waals surface area contributed by atoms with Crippen molar-refractivity contribution in [3.05, 3.63) is 78.5 Å². The Hall–Kier alpha value is -3.00. The van der Waals surface area contributed by atoms with Crippen molar-refractivity contribution in [1.82, 2.24) is 30.0 Å². The van der Waals surface area contributed by atoms with Gasteiger partial charge in [0.2, 0.25) is 0 Å². The lowest BCUT2D eigenvalue weighted by atomic mass is 9.95. The van der Waals surface area contributed by atoms with Crippen LogP contribution in [0.2, 0.25) is 0 Å². The highest BCUT2D eigenvalue weighted by Crippen LogP contribution is 2.24. The number of H-pyrrole nitrogens is 1. The van der Waals surface area contributed by atoms with Crippen LogP contribution in [0, 0.1) is 5.92 Å². The number of rotatable bonds is 10. The Kier molecular flexibility index (Phi) is 7.34. The number of aryl methyl sites for hydroxylation is 1. The molecule has 5 rings (SSSR count). The number of aromatic amines is 1. The molecule has 1 saturated heterocycles. The summed E-state index contributed by atoms with van der Waals surface area (Å²) in [5.41, 5.74) is 4.80. The van der Waals surface area contributed by atoms with Gasteiger partial charge in [-0.3, -0.25) is 4.57 Å². The molecule has 3 heterocycles. The van der Waals surface area contributed by atoms with Gasteiger partial charge in [0.1, 0.15) is 12.7 Å². The molecular weight excluding hydrogens is 424 g/mol. The van der Waals surface area contributed by atoms with E-state index < -0.39 is 0 Å². The zero-order valence-corrected chi connectivity index (χ0v) is 19.6. The molecule has 34 heavy (non-hydrogen) atoms. The van der Waals surface area contributed by atoms with E-state index in [1.807, 2.05) is 22.8 Å². The number of nitrogens with zero attached hydrogens (tertiary/aromatic N) is 4. The first-order valence-electron chi connectivity index (χ1n) is 12.4. The zero-order chi connectivity index (χ0) is 23.2. The Morgan fingerprint density at radius 2 is 1.85 bits per heavy atom. The maximum atomic E-state index is 9.78. The fourth-order valence-corrected chi connectivity index (χ4v) is 5.06.